The molecule has 2 unspecified atom stereocenters. The number of ether oxygens (including phenoxy) is 1. The highest BCUT2D eigenvalue weighted by Crippen LogP contribution is 2.37. The summed E-state index contributed by atoms with van der Waals surface area (Å²) < 4.78 is 4.72. The molecule has 9 nitrogen and oxygen atoms in total. The normalized spacial score (nSPS) is 22.5. The van der Waals surface area contributed by atoms with Gasteiger partial charge in [0.05, 0.1) is 24.5 Å². The van der Waals surface area contributed by atoms with Crippen LogP contribution < -0.4 is 16.0 Å². The Kier molecular flexibility index (Phi) is 8.26. The van der Waals surface area contributed by atoms with Crippen molar-refractivity contribution in [3.8, 4) is 11.1 Å². The Balaban J connectivity index is 1.48. The third-order valence-corrected chi connectivity index (χ3v) is 8.18. The fraction of sp³-hybridized carbons (Fsp3) is 0.467. The van der Waals surface area contributed by atoms with Crippen LogP contribution in [0.2, 0.25) is 0 Å². The molecule has 1 fully saturated rings. The van der Waals surface area contributed by atoms with Gasteiger partial charge in [0.25, 0.3) is 0 Å². The fourth-order valence-corrected chi connectivity index (χ4v) is 5.91. The van der Waals surface area contributed by atoms with Gasteiger partial charge in [-0.25, -0.2) is 4.79 Å². The number of methoxy groups -OCH3 is 1. The number of amides is 3. The number of rotatable bonds is 3. The Morgan fingerprint density at radius 1 is 1.10 bits per heavy atom. The lowest BCUT2D eigenvalue weighted by Crippen LogP contribution is -2.39. The number of benzene rings is 1. The third kappa shape index (κ3) is 6.14. The molecule has 39 heavy (non-hydrogen) atoms. The predicted octanol–water partition coefficient (Wildman–Crippen LogP) is 4.88. The molecular formula is C30H37N5O4. The summed E-state index contributed by atoms with van der Waals surface area (Å²) in [6.45, 7) is 4.61. The summed E-state index contributed by atoms with van der Waals surface area (Å²) in [5.41, 5.74) is 4.94. The molecule has 1 aromatic heterocycles. The maximum absolute atomic E-state index is 13.5. The van der Waals surface area contributed by atoms with Crippen LogP contribution in [-0.4, -0.2) is 54.5 Å². The van der Waals surface area contributed by atoms with E-state index in [0.29, 0.717) is 30.3 Å². The molecule has 5 rings (SSSR count). The van der Waals surface area contributed by atoms with Crippen LogP contribution in [-0.2, 0) is 14.3 Å². The Morgan fingerprint density at radius 3 is 2.69 bits per heavy atom. The van der Waals surface area contributed by atoms with Gasteiger partial charge in [0.2, 0.25) is 11.8 Å². The molecule has 206 valence electrons. The molecule has 0 radical (unpaired) electrons. The second kappa shape index (κ2) is 12.0. The van der Waals surface area contributed by atoms with Gasteiger partial charge in [-0.3, -0.25) is 19.9 Å². The number of aromatic nitrogens is 1. The minimum Gasteiger partial charge on any atom is -0.453 e. The number of carbonyl (C=O) groups excluding carboxylic acids is 3. The number of fused-ring (bicyclic) bond motifs is 4. The molecular weight excluding hydrogens is 494 g/mol. The molecule has 2 atom stereocenters. The Morgan fingerprint density at radius 2 is 1.92 bits per heavy atom. The molecule has 3 aliphatic rings. The Bertz CT molecular complexity index is 1270. The SMILES string of the molecule is COC(=O)Nc1ccc2c(c1)NC(=O)C(C)CCCC(N1CCC(C3CCNCC3)=CC1=O)c1cc-2ccn1. The van der Waals surface area contributed by atoms with Crippen LogP contribution in [0.25, 0.3) is 11.1 Å². The molecule has 9 heteroatoms. The standard InChI is InChI=1S/C30H37N5O4/c1-19-4-3-5-27(35-15-11-21(17-28(35)36)20-8-12-31-13-9-20)26-16-22(10-14-32-26)24-7-6-23(33-30(38)39-2)18-25(24)34-29(19)37/h6-7,10,14,16-20,27,31H,3-5,8-9,11-13,15H2,1-2H3,(H,33,38)(H,34,37). The van der Waals surface area contributed by atoms with Crippen molar-refractivity contribution in [2.45, 2.75) is 51.5 Å². The van der Waals surface area contributed by atoms with E-state index in [1.165, 1.54) is 12.7 Å². The molecule has 4 heterocycles. The number of carbonyl (C=O) groups is 3. The lowest BCUT2D eigenvalue weighted by molar-refractivity contribution is -0.129. The number of nitrogens with one attached hydrogen (secondary N) is 3. The van der Waals surface area contributed by atoms with E-state index in [4.69, 9.17) is 9.72 Å². The first-order chi connectivity index (χ1) is 18.9. The average Bonchev–Trinajstić information content (AvgIpc) is 2.95. The van der Waals surface area contributed by atoms with E-state index in [0.717, 1.165) is 62.0 Å². The van der Waals surface area contributed by atoms with Crippen LogP contribution in [0.4, 0.5) is 16.2 Å². The van der Waals surface area contributed by atoms with E-state index in [9.17, 15) is 14.4 Å². The largest absolute Gasteiger partial charge is 0.453 e. The van der Waals surface area contributed by atoms with Crippen molar-refractivity contribution in [2.24, 2.45) is 11.8 Å². The van der Waals surface area contributed by atoms with Crippen LogP contribution >= 0.6 is 0 Å². The lowest BCUT2D eigenvalue weighted by atomic mass is 9.85. The number of pyridine rings is 1. The van der Waals surface area contributed by atoms with Gasteiger partial charge >= 0.3 is 6.09 Å². The number of piperidine rings is 1. The van der Waals surface area contributed by atoms with Gasteiger partial charge in [0.1, 0.15) is 0 Å². The van der Waals surface area contributed by atoms with E-state index < -0.39 is 6.09 Å². The van der Waals surface area contributed by atoms with E-state index in [1.807, 2.05) is 36.1 Å². The Hall–Kier alpha value is -3.72. The van der Waals surface area contributed by atoms with Crippen molar-refractivity contribution < 1.29 is 19.1 Å². The first kappa shape index (κ1) is 26.9. The molecule has 3 N–H and O–H groups in total. The van der Waals surface area contributed by atoms with Crippen molar-refractivity contribution in [3.05, 3.63) is 53.9 Å². The molecule has 3 aliphatic heterocycles. The van der Waals surface area contributed by atoms with Gasteiger partial charge < -0.3 is 20.3 Å². The first-order valence-electron chi connectivity index (χ1n) is 13.9. The van der Waals surface area contributed by atoms with Gasteiger partial charge in [0, 0.05) is 36.0 Å². The summed E-state index contributed by atoms with van der Waals surface area (Å²) >= 11 is 0. The summed E-state index contributed by atoms with van der Waals surface area (Å²) in [6.07, 6.45) is 8.34. The van der Waals surface area contributed by atoms with Crippen LogP contribution in [0.1, 0.15) is 57.2 Å². The first-order valence-corrected chi connectivity index (χ1v) is 13.9. The highest BCUT2D eigenvalue weighted by molar-refractivity contribution is 5.98. The van der Waals surface area contributed by atoms with Crippen LogP contribution in [0.5, 0.6) is 0 Å². The zero-order valence-electron chi connectivity index (χ0n) is 22.7. The van der Waals surface area contributed by atoms with E-state index >= 15 is 0 Å². The minimum atomic E-state index is -0.583. The summed E-state index contributed by atoms with van der Waals surface area (Å²) in [7, 11) is 1.30. The molecule has 0 saturated carbocycles. The average molecular weight is 532 g/mol. The van der Waals surface area contributed by atoms with E-state index in [2.05, 4.69) is 16.0 Å². The van der Waals surface area contributed by atoms with Gasteiger partial charge in [-0.15, -0.1) is 0 Å². The molecule has 2 aromatic rings. The number of anilines is 2. The van der Waals surface area contributed by atoms with Gasteiger partial charge in [-0.05, 0) is 80.9 Å². The topological polar surface area (TPSA) is 113 Å². The van der Waals surface area contributed by atoms with Gasteiger partial charge in [0.15, 0.2) is 0 Å². The molecule has 1 aromatic carbocycles. The smallest absolute Gasteiger partial charge is 0.411 e. The van der Waals surface area contributed by atoms with Crippen LogP contribution in [0.3, 0.4) is 0 Å². The van der Waals surface area contributed by atoms with E-state index in [-0.39, 0.29) is 23.8 Å². The molecule has 0 spiro atoms. The maximum Gasteiger partial charge on any atom is 0.411 e. The zero-order valence-corrected chi connectivity index (χ0v) is 22.7. The lowest BCUT2D eigenvalue weighted by Gasteiger charge is -2.36. The summed E-state index contributed by atoms with van der Waals surface area (Å²) in [4.78, 5) is 45.1. The molecule has 1 saturated heterocycles. The van der Waals surface area contributed by atoms with Crippen molar-refractivity contribution in [1.29, 1.82) is 0 Å². The van der Waals surface area contributed by atoms with Crippen molar-refractivity contribution >= 4 is 29.3 Å². The summed E-state index contributed by atoms with van der Waals surface area (Å²) in [6, 6.07) is 9.14. The van der Waals surface area contributed by atoms with E-state index in [1.54, 1.807) is 18.3 Å². The van der Waals surface area contributed by atoms with Crippen molar-refractivity contribution in [1.82, 2.24) is 15.2 Å². The molecule has 2 bridgehead atoms. The van der Waals surface area contributed by atoms with Crippen LogP contribution in [0, 0.1) is 11.8 Å². The zero-order chi connectivity index (χ0) is 27.4. The van der Waals surface area contributed by atoms with Gasteiger partial charge in [-0.1, -0.05) is 25.0 Å². The highest BCUT2D eigenvalue weighted by atomic mass is 16.5. The third-order valence-electron chi connectivity index (χ3n) is 8.18. The number of hydrogen-bond acceptors (Lipinski definition) is 6. The predicted molar refractivity (Wildman–Crippen MR) is 150 cm³/mol. The molecule has 0 aliphatic carbocycles. The summed E-state index contributed by atoms with van der Waals surface area (Å²) in [5.74, 6) is 0.250. The number of nitrogens with zero attached hydrogens (tertiary/aromatic N) is 2. The second-order valence-electron chi connectivity index (χ2n) is 10.7. The quantitative estimate of drug-likeness (QED) is 0.520. The molecule has 3 amide bonds. The maximum atomic E-state index is 13.5. The van der Waals surface area contributed by atoms with Crippen LogP contribution in [0.15, 0.2) is 48.2 Å². The minimum absolute atomic E-state index is 0.0591. The number of hydrogen-bond donors (Lipinski definition) is 3. The van der Waals surface area contributed by atoms with Crippen molar-refractivity contribution in [3.63, 3.8) is 0 Å². The fourth-order valence-electron chi connectivity index (χ4n) is 5.91. The highest BCUT2D eigenvalue weighted by Gasteiger charge is 2.31. The summed E-state index contributed by atoms with van der Waals surface area (Å²) in [5, 5.41) is 9.13. The monoisotopic (exact) mass is 531 g/mol. The van der Waals surface area contributed by atoms with Gasteiger partial charge in [-0.2, -0.15) is 0 Å². The Labute approximate surface area is 229 Å². The van der Waals surface area contributed by atoms with Crippen molar-refractivity contribution in [2.75, 3.05) is 37.4 Å². The second-order valence-corrected chi connectivity index (χ2v) is 10.7.